The minimum atomic E-state index is -3.04. The number of nitrogens with zero attached hydrogens (tertiary/aromatic N) is 1. The summed E-state index contributed by atoms with van der Waals surface area (Å²) in [6.07, 6.45) is 0.167. The Morgan fingerprint density at radius 2 is 1.68 bits per heavy atom. The number of carbonyl (C=O) groups is 2. The minimum absolute atomic E-state index is 0.0675. The Labute approximate surface area is 216 Å². The molecule has 0 saturated carbocycles. The van der Waals surface area contributed by atoms with Crippen LogP contribution < -0.4 is 5.32 Å². The highest BCUT2D eigenvalue weighted by Gasteiger charge is 2.25. The Balaban J connectivity index is 1.67. The molecule has 7 nitrogen and oxygen atoms in total. The number of aromatic hydroxyl groups is 1. The van der Waals surface area contributed by atoms with Crippen LogP contribution in [0.25, 0.3) is 22.0 Å². The number of hydrogen-bond acceptors (Lipinski definition) is 5. The molecule has 0 fully saturated rings. The number of rotatable bonds is 8. The van der Waals surface area contributed by atoms with Gasteiger partial charge in [-0.1, -0.05) is 43.0 Å². The highest BCUT2D eigenvalue weighted by atomic mass is 19.3. The maximum absolute atomic E-state index is 13.8. The lowest BCUT2D eigenvalue weighted by Gasteiger charge is -2.18. The number of aromatic carboxylic acids is 1. The summed E-state index contributed by atoms with van der Waals surface area (Å²) in [5, 5.41) is 32.2. The molecule has 1 heterocycles. The number of benzene rings is 3. The number of nitrogens with one attached hydrogen (secondary N) is 1. The lowest BCUT2D eigenvalue weighted by molar-refractivity contribution is 0.0175. The van der Waals surface area contributed by atoms with E-state index in [1.165, 1.54) is 42.5 Å². The van der Waals surface area contributed by atoms with Gasteiger partial charge in [0.05, 0.1) is 17.1 Å². The maximum Gasteiger partial charge on any atom is 0.336 e. The van der Waals surface area contributed by atoms with Gasteiger partial charge in [-0.05, 0) is 59.5 Å². The molecule has 0 aliphatic carbocycles. The Morgan fingerprint density at radius 1 is 1.00 bits per heavy atom. The van der Waals surface area contributed by atoms with E-state index in [0.29, 0.717) is 16.7 Å². The minimum Gasteiger partial charge on any atom is -0.511 e. The number of phenols is 1. The van der Waals surface area contributed by atoms with Gasteiger partial charge >= 0.3 is 5.97 Å². The number of amides is 1. The van der Waals surface area contributed by atoms with E-state index in [4.69, 9.17) is 0 Å². The first-order valence-corrected chi connectivity index (χ1v) is 11.6. The van der Waals surface area contributed by atoms with Gasteiger partial charge < -0.3 is 20.6 Å². The summed E-state index contributed by atoms with van der Waals surface area (Å²) in [7, 11) is 0. The first kappa shape index (κ1) is 26.3. The van der Waals surface area contributed by atoms with Gasteiger partial charge in [-0.2, -0.15) is 0 Å². The molecular formula is C29H24F2N2O5. The highest BCUT2D eigenvalue weighted by molar-refractivity contribution is 6.06. The number of carboxylic acids is 1. The van der Waals surface area contributed by atoms with Gasteiger partial charge in [0.15, 0.2) is 0 Å². The second kappa shape index (κ2) is 10.3. The number of hydrogen-bond donors (Lipinski definition) is 4. The van der Waals surface area contributed by atoms with Gasteiger partial charge in [-0.25, -0.2) is 18.6 Å². The first-order valence-electron chi connectivity index (χ1n) is 11.6. The quantitative estimate of drug-likeness (QED) is 0.218. The molecular weight excluding hydrogens is 494 g/mol. The topological polar surface area (TPSA) is 120 Å². The van der Waals surface area contributed by atoms with Crippen molar-refractivity contribution in [2.75, 3.05) is 0 Å². The van der Waals surface area contributed by atoms with Crippen LogP contribution in [-0.4, -0.2) is 38.2 Å². The number of halogens is 2. The Bertz CT molecular complexity index is 1550. The molecule has 1 atom stereocenters. The fraction of sp³-hybridized carbons (Fsp3) is 0.138. The number of aliphatic hydroxyl groups is 1. The second-order valence-electron chi connectivity index (χ2n) is 8.95. The van der Waals surface area contributed by atoms with Crippen molar-refractivity contribution in [1.82, 2.24) is 10.3 Å². The van der Waals surface area contributed by atoms with Crippen molar-refractivity contribution < 1.29 is 33.7 Å². The molecule has 1 amide bonds. The van der Waals surface area contributed by atoms with Crippen molar-refractivity contribution in [3.8, 4) is 16.9 Å². The maximum atomic E-state index is 13.8. The first-order chi connectivity index (χ1) is 17.9. The van der Waals surface area contributed by atoms with Crippen molar-refractivity contribution >= 4 is 22.8 Å². The highest BCUT2D eigenvalue weighted by Crippen LogP contribution is 2.32. The van der Waals surface area contributed by atoms with Gasteiger partial charge in [-0.15, -0.1) is 0 Å². The van der Waals surface area contributed by atoms with Crippen LogP contribution in [0, 0.1) is 0 Å². The van der Waals surface area contributed by atoms with Crippen molar-refractivity contribution in [3.63, 3.8) is 0 Å². The van der Waals surface area contributed by atoms with Crippen LogP contribution >= 0.6 is 0 Å². The number of carbonyl (C=O) groups excluding carboxylic acids is 1. The number of aromatic nitrogens is 1. The van der Waals surface area contributed by atoms with Crippen molar-refractivity contribution in [2.45, 2.75) is 25.3 Å². The van der Waals surface area contributed by atoms with Crippen LogP contribution in [0.3, 0.4) is 0 Å². The SMILES string of the molecule is C=C(O)[C@H](Cc1ccc(O)cc1)NC(=O)c1cc(C(=O)O)c2cc(-c3cccc(C(C)(F)F)c3)ccc2n1. The average molecular weight is 519 g/mol. The zero-order valence-electron chi connectivity index (χ0n) is 20.3. The third-order valence-corrected chi connectivity index (χ3v) is 6.06. The molecule has 0 spiro atoms. The predicted octanol–water partition coefficient (Wildman–Crippen LogP) is 5.83. The Hall–Kier alpha value is -4.79. The molecule has 0 aliphatic heterocycles. The number of alkyl halides is 2. The van der Waals surface area contributed by atoms with E-state index in [0.717, 1.165) is 13.0 Å². The molecule has 4 aromatic rings. The van der Waals surface area contributed by atoms with E-state index in [-0.39, 0.29) is 45.7 Å². The normalized spacial score (nSPS) is 12.2. The zero-order chi connectivity index (χ0) is 27.6. The fourth-order valence-electron chi connectivity index (χ4n) is 4.02. The monoisotopic (exact) mass is 518 g/mol. The number of phenolic OH excluding ortho intramolecular Hbond substituents is 1. The molecule has 4 N–H and O–H groups in total. The summed E-state index contributed by atoms with van der Waals surface area (Å²) < 4.78 is 27.6. The van der Waals surface area contributed by atoms with E-state index in [2.05, 4.69) is 16.9 Å². The van der Waals surface area contributed by atoms with Crippen LogP contribution in [0.15, 0.2) is 85.1 Å². The number of fused-ring (bicyclic) bond motifs is 1. The second-order valence-corrected chi connectivity index (χ2v) is 8.95. The summed E-state index contributed by atoms with van der Waals surface area (Å²) in [5.74, 6) is -5.31. The number of pyridine rings is 1. The van der Waals surface area contributed by atoms with Crippen LogP contribution in [0.2, 0.25) is 0 Å². The van der Waals surface area contributed by atoms with Gasteiger partial charge in [-0.3, -0.25) is 4.79 Å². The molecule has 0 bridgehead atoms. The smallest absolute Gasteiger partial charge is 0.336 e. The van der Waals surface area contributed by atoms with Crippen LogP contribution in [0.1, 0.15) is 38.9 Å². The largest absolute Gasteiger partial charge is 0.511 e. The summed E-state index contributed by atoms with van der Waals surface area (Å²) in [6.45, 7) is 4.30. The van der Waals surface area contributed by atoms with Crippen LogP contribution in [0.5, 0.6) is 5.75 Å². The number of carboxylic acid groups (broad SMARTS) is 1. The average Bonchev–Trinajstić information content (AvgIpc) is 2.87. The molecule has 0 unspecified atom stereocenters. The fourth-order valence-corrected chi connectivity index (χ4v) is 4.02. The molecule has 3 aromatic carbocycles. The molecule has 4 rings (SSSR count). The summed E-state index contributed by atoms with van der Waals surface area (Å²) >= 11 is 0. The molecule has 0 aliphatic rings. The van der Waals surface area contributed by atoms with Gasteiger partial charge in [0.2, 0.25) is 0 Å². The standard InChI is InChI=1S/C29H24F2N2O5/c1-16(34)25(12-17-6-9-21(35)10-7-17)33-27(36)26-15-23(28(37)38)22-14-19(8-11-24(22)32-26)18-4-3-5-20(13-18)29(2,30)31/h3-11,13-15,25,34-35H,1,12H2,2H3,(H,33,36)(H,37,38)/t25-/m0/s1. The van der Waals surface area contributed by atoms with E-state index in [1.54, 1.807) is 24.3 Å². The van der Waals surface area contributed by atoms with E-state index in [1.807, 2.05) is 0 Å². The predicted molar refractivity (Wildman–Crippen MR) is 139 cm³/mol. The van der Waals surface area contributed by atoms with Crippen LogP contribution in [0.4, 0.5) is 8.78 Å². The van der Waals surface area contributed by atoms with Crippen LogP contribution in [-0.2, 0) is 12.3 Å². The lowest BCUT2D eigenvalue weighted by atomic mass is 9.97. The molecule has 0 saturated heterocycles. The van der Waals surface area contributed by atoms with Gasteiger partial charge in [0.25, 0.3) is 11.8 Å². The third kappa shape index (κ3) is 5.78. The zero-order valence-corrected chi connectivity index (χ0v) is 20.3. The molecule has 38 heavy (non-hydrogen) atoms. The Kier molecular flexibility index (Phi) is 7.12. The lowest BCUT2D eigenvalue weighted by Crippen LogP contribution is -2.38. The summed E-state index contributed by atoms with van der Waals surface area (Å²) in [4.78, 5) is 29.4. The van der Waals surface area contributed by atoms with E-state index in [9.17, 15) is 33.7 Å². The molecule has 9 heteroatoms. The molecule has 0 radical (unpaired) electrons. The van der Waals surface area contributed by atoms with Crippen molar-refractivity contribution in [3.05, 3.63) is 108 Å². The van der Waals surface area contributed by atoms with E-state index >= 15 is 0 Å². The van der Waals surface area contributed by atoms with Gasteiger partial charge in [0, 0.05) is 17.9 Å². The molecule has 194 valence electrons. The van der Waals surface area contributed by atoms with Crippen molar-refractivity contribution in [1.29, 1.82) is 0 Å². The summed E-state index contributed by atoms with van der Waals surface area (Å²) in [6, 6.07) is 16.9. The molecule has 1 aromatic heterocycles. The Morgan fingerprint density at radius 3 is 2.32 bits per heavy atom. The van der Waals surface area contributed by atoms with Gasteiger partial charge in [0.1, 0.15) is 17.2 Å². The summed E-state index contributed by atoms with van der Waals surface area (Å²) in [5.41, 5.74) is 1.35. The van der Waals surface area contributed by atoms with E-state index < -0.39 is 23.8 Å². The third-order valence-electron chi connectivity index (χ3n) is 6.06. The number of aliphatic hydroxyl groups excluding tert-OH is 1. The van der Waals surface area contributed by atoms with Crippen molar-refractivity contribution in [2.24, 2.45) is 0 Å².